The molecule has 0 saturated carbocycles. The van der Waals surface area contributed by atoms with Crippen LogP contribution in [0.5, 0.6) is 11.6 Å². The fraction of sp³-hybridized carbons (Fsp3) is 0.182. The Labute approximate surface area is 191 Å². The zero-order valence-corrected chi connectivity index (χ0v) is 17.7. The van der Waals surface area contributed by atoms with E-state index >= 15 is 0 Å². The minimum Gasteiger partial charge on any atom is -0.453 e. The Balaban J connectivity index is 1.45. The molecule has 0 unspecified atom stereocenters. The average Bonchev–Trinajstić information content (AvgIpc) is 3.22. The van der Waals surface area contributed by atoms with Crippen LogP contribution < -0.4 is 20.3 Å². The van der Waals surface area contributed by atoms with Crippen molar-refractivity contribution in [2.45, 2.75) is 12.6 Å². The summed E-state index contributed by atoms with van der Waals surface area (Å²) in [4.78, 5) is 33.4. The predicted octanol–water partition coefficient (Wildman–Crippen LogP) is 5.06. The fourth-order valence-corrected chi connectivity index (χ4v) is 3.36. The van der Waals surface area contributed by atoms with Gasteiger partial charge in [0.1, 0.15) is 17.9 Å². The number of fused-ring (bicyclic) bond motifs is 1. The normalized spacial score (nSPS) is 12.6. The summed E-state index contributed by atoms with van der Waals surface area (Å²) >= 11 is 0. The molecule has 3 amide bonds. The van der Waals surface area contributed by atoms with Crippen LogP contribution in [0, 0.1) is 0 Å². The van der Waals surface area contributed by atoms with E-state index in [1.54, 1.807) is 18.2 Å². The van der Waals surface area contributed by atoms with Gasteiger partial charge in [-0.15, -0.1) is 0 Å². The third kappa shape index (κ3) is 5.17. The van der Waals surface area contributed by atoms with Crippen LogP contribution >= 0.6 is 0 Å². The van der Waals surface area contributed by atoms with Crippen LogP contribution in [0.25, 0.3) is 0 Å². The predicted molar refractivity (Wildman–Crippen MR) is 116 cm³/mol. The second-order valence-electron chi connectivity index (χ2n) is 7.16. The topological polar surface area (TPSA) is 106 Å². The van der Waals surface area contributed by atoms with Gasteiger partial charge in [0.05, 0.1) is 12.7 Å². The van der Waals surface area contributed by atoms with Crippen LogP contribution in [0.4, 0.5) is 40.0 Å². The van der Waals surface area contributed by atoms with Gasteiger partial charge < -0.3 is 14.8 Å². The van der Waals surface area contributed by atoms with Crippen LogP contribution in [0.3, 0.4) is 0 Å². The number of nitrogens with one attached hydrogen (secondary N) is 2. The lowest BCUT2D eigenvalue weighted by atomic mass is 10.1. The first-order valence-electron chi connectivity index (χ1n) is 9.96. The highest BCUT2D eigenvalue weighted by Crippen LogP contribution is 2.34. The first kappa shape index (κ1) is 22.8. The van der Waals surface area contributed by atoms with Crippen LogP contribution in [0.15, 0.2) is 54.9 Å². The number of rotatable bonds is 4. The van der Waals surface area contributed by atoms with Crippen molar-refractivity contribution in [3.05, 3.63) is 66.0 Å². The molecule has 0 aliphatic carbocycles. The molecule has 0 bridgehead atoms. The summed E-state index contributed by atoms with van der Waals surface area (Å²) < 4.78 is 49.0. The van der Waals surface area contributed by atoms with E-state index < -0.39 is 23.9 Å². The molecule has 2 N–H and O–H groups in total. The summed E-state index contributed by atoms with van der Waals surface area (Å²) in [6.07, 6.45) is -3.45. The quantitative estimate of drug-likeness (QED) is 0.549. The van der Waals surface area contributed by atoms with Gasteiger partial charge in [0, 0.05) is 24.0 Å². The fourth-order valence-electron chi connectivity index (χ4n) is 3.36. The number of ether oxygens (including phenoxy) is 2. The lowest BCUT2D eigenvalue weighted by molar-refractivity contribution is -0.137. The highest BCUT2D eigenvalue weighted by Gasteiger charge is 2.31. The maximum atomic E-state index is 12.9. The lowest BCUT2D eigenvalue weighted by Gasteiger charge is -2.19. The summed E-state index contributed by atoms with van der Waals surface area (Å²) in [6.45, 7) is 0.351. The summed E-state index contributed by atoms with van der Waals surface area (Å²) in [5.41, 5.74) is 0.642. The third-order valence-corrected chi connectivity index (χ3v) is 4.91. The van der Waals surface area contributed by atoms with E-state index in [0.717, 1.165) is 17.7 Å². The van der Waals surface area contributed by atoms with E-state index in [1.807, 2.05) is 0 Å². The number of amides is 3. The second kappa shape index (κ2) is 9.25. The van der Waals surface area contributed by atoms with Gasteiger partial charge in [-0.05, 0) is 48.4 Å². The van der Waals surface area contributed by atoms with Gasteiger partial charge in [0.25, 0.3) is 0 Å². The number of urea groups is 1. The highest BCUT2D eigenvalue weighted by molar-refractivity contribution is 6.03. The van der Waals surface area contributed by atoms with Crippen molar-refractivity contribution in [3.63, 3.8) is 0 Å². The maximum absolute atomic E-state index is 12.9. The number of carbonyl (C=O) groups excluding carboxylic acids is 2. The summed E-state index contributed by atoms with van der Waals surface area (Å²) in [5.74, 6) is 0.815. The van der Waals surface area contributed by atoms with Gasteiger partial charge >= 0.3 is 18.3 Å². The molecule has 0 atom stereocenters. The summed E-state index contributed by atoms with van der Waals surface area (Å²) in [7, 11) is 1.22. The Kier molecular flexibility index (Phi) is 6.21. The second-order valence-corrected chi connectivity index (χ2v) is 7.16. The van der Waals surface area contributed by atoms with Crippen LogP contribution in [0.2, 0.25) is 0 Å². The van der Waals surface area contributed by atoms with E-state index in [9.17, 15) is 22.8 Å². The largest absolute Gasteiger partial charge is 0.453 e. The average molecular weight is 473 g/mol. The number of hydrogen-bond acceptors (Lipinski definition) is 6. The van der Waals surface area contributed by atoms with E-state index in [4.69, 9.17) is 4.74 Å². The molecule has 2 heterocycles. The molecule has 176 valence electrons. The Hall–Kier alpha value is -4.35. The van der Waals surface area contributed by atoms with E-state index in [-0.39, 0.29) is 17.4 Å². The maximum Gasteiger partial charge on any atom is 0.416 e. The molecule has 3 aromatic rings. The number of hydrogen-bond donors (Lipinski definition) is 2. The van der Waals surface area contributed by atoms with Gasteiger partial charge in [-0.3, -0.25) is 10.2 Å². The van der Waals surface area contributed by atoms with Crippen molar-refractivity contribution in [2.75, 3.05) is 29.2 Å². The molecular formula is C22H18F3N5O4. The van der Waals surface area contributed by atoms with Gasteiger partial charge in [-0.2, -0.15) is 13.2 Å². The SMILES string of the molecule is COC(=O)Nc1cc(Oc2ccc3c(c2)CCN3C(=O)Nc2cccc(C(F)(F)F)c2)ncn1. The smallest absolute Gasteiger partial charge is 0.416 e. The molecule has 9 nitrogen and oxygen atoms in total. The number of anilines is 3. The van der Waals surface area contributed by atoms with E-state index in [1.165, 1.54) is 36.5 Å². The number of benzene rings is 2. The van der Waals surface area contributed by atoms with Gasteiger partial charge in [0.15, 0.2) is 0 Å². The van der Waals surface area contributed by atoms with Crippen molar-refractivity contribution in [1.82, 2.24) is 9.97 Å². The number of nitrogens with zero attached hydrogens (tertiary/aromatic N) is 3. The molecular weight excluding hydrogens is 455 g/mol. The molecule has 2 aromatic carbocycles. The van der Waals surface area contributed by atoms with Crippen molar-refractivity contribution < 1.29 is 32.2 Å². The first-order chi connectivity index (χ1) is 16.2. The van der Waals surface area contributed by atoms with Crippen molar-refractivity contribution in [3.8, 4) is 11.6 Å². The number of alkyl halides is 3. The van der Waals surface area contributed by atoms with Gasteiger partial charge in [-0.1, -0.05) is 6.07 Å². The standard InChI is InChI=1S/C22H18F3N5O4/c1-33-21(32)29-18-11-19(27-12-26-18)34-16-5-6-17-13(9-16)7-8-30(17)20(31)28-15-4-2-3-14(10-15)22(23,24)25/h2-6,9-12H,7-8H2,1H3,(H,28,31)(H,26,27,29,32). The first-order valence-corrected chi connectivity index (χ1v) is 9.96. The van der Waals surface area contributed by atoms with Gasteiger partial charge in [-0.25, -0.2) is 19.6 Å². The number of halogens is 3. The Bertz CT molecular complexity index is 1240. The van der Waals surface area contributed by atoms with Gasteiger partial charge in [0.2, 0.25) is 5.88 Å². The van der Waals surface area contributed by atoms with Crippen LogP contribution in [-0.2, 0) is 17.3 Å². The third-order valence-electron chi connectivity index (χ3n) is 4.91. The molecule has 0 saturated heterocycles. The number of methoxy groups -OCH3 is 1. The molecule has 4 rings (SSSR count). The molecule has 0 fully saturated rings. The lowest BCUT2D eigenvalue weighted by Crippen LogP contribution is -2.33. The highest BCUT2D eigenvalue weighted by atomic mass is 19.4. The molecule has 34 heavy (non-hydrogen) atoms. The number of carbonyl (C=O) groups is 2. The zero-order chi connectivity index (χ0) is 24.3. The molecule has 1 aromatic heterocycles. The van der Waals surface area contributed by atoms with Crippen molar-refractivity contribution in [2.24, 2.45) is 0 Å². The molecule has 1 aliphatic heterocycles. The minimum absolute atomic E-state index is 0.0494. The Morgan fingerprint density at radius 3 is 2.65 bits per heavy atom. The molecule has 1 aliphatic rings. The summed E-state index contributed by atoms with van der Waals surface area (Å²) in [6, 6.07) is 10.4. The van der Waals surface area contributed by atoms with Crippen molar-refractivity contribution >= 4 is 29.3 Å². The molecule has 0 radical (unpaired) electrons. The van der Waals surface area contributed by atoms with Crippen LogP contribution in [0.1, 0.15) is 11.1 Å². The summed E-state index contributed by atoms with van der Waals surface area (Å²) in [5, 5.41) is 4.92. The zero-order valence-electron chi connectivity index (χ0n) is 17.7. The Morgan fingerprint density at radius 1 is 1.06 bits per heavy atom. The Morgan fingerprint density at radius 2 is 1.88 bits per heavy atom. The van der Waals surface area contributed by atoms with E-state index in [0.29, 0.717) is 24.4 Å². The minimum atomic E-state index is -4.50. The van der Waals surface area contributed by atoms with E-state index in [2.05, 4.69) is 25.3 Å². The molecule has 12 heteroatoms. The molecule has 0 spiro atoms. The van der Waals surface area contributed by atoms with Crippen molar-refractivity contribution in [1.29, 1.82) is 0 Å². The monoisotopic (exact) mass is 473 g/mol. The van der Waals surface area contributed by atoms with Crippen LogP contribution in [-0.4, -0.2) is 35.7 Å². The number of aromatic nitrogens is 2.